The third-order valence-corrected chi connectivity index (χ3v) is 4.64. The fraction of sp³-hybridized carbons (Fsp3) is 0.400. The molecule has 1 aromatic carbocycles. The monoisotopic (exact) mass is 292 g/mol. The highest BCUT2D eigenvalue weighted by Gasteiger charge is 2.27. The third-order valence-electron chi connectivity index (χ3n) is 2.68. The molecule has 106 valence electrons. The van der Waals surface area contributed by atoms with Gasteiger partial charge < -0.3 is 5.11 Å². The van der Waals surface area contributed by atoms with E-state index in [-0.39, 0.29) is 0 Å². The molecule has 0 amide bonds. The summed E-state index contributed by atoms with van der Waals surface area (Å²) in [5, 5.41) is 19.5. The smallest absolute Gasteiger partial charge is 0.306 e. The van der Waals surface area contributed by atoms with Gasteiger partial charge in [-0.2, -0.15) is 8.70 Å². The van der Waals surface area contributed by atoms with Gasteiger partial charge in [0.05, 0.1) is 16.4 Å². The number of nitro benzene ring substituents is 1. The van der Waals surface area contributed by atoms with Crippen LogP contribution in [0, 0.1) is 15.9 Å². The maximum atomic E-state index is 13.1. The molecular formula is C10H13FN2O5S. The Morgan fingerprint density at radius 1 is 1.53 bits per heavy atom. The molecule has 1 aromatic rings. The molecule has 0 bridgehead atoms. The van der Waals surface area contributed by atoms with Crippen LogP contribution in [0.4, 0.5) is 10.1 Å². The number of aliphatic hydroxyl groups is 1. The number of halogens is 1. The Labute approximate surface area is 109 Å². The van der Waals surface area contributed by atoms with Crippen molar-refractivity contribution in [2.75, 3.05) is 13.7 Å². The minimum absolute atomic E-state index is 0.400. The molecule has 0 spiro atoms. The van der Waals surface area contributed by atoms with Gasteiger partial charge in [-0.15, -0.1) is 0 Å². The van der Waals surface area contributed by atoms with Crippen LogP contribution in [0.25, 0.3) is 0 Å². The van der Waals surface area contributed by atoms with Gasteiger partial charge in [-0.05, 0) is 19.1 Å². The lowest BCUT2D eigenvalue weighted by Crippen LogP contribution is -2.37. The number of nitrogens with zero attached hydrogens (tertiary/aromatic N) is 2. The second-order valence-corrected chi connectivity index (χ2v) is 5.92. The zero-order valence-corrected chi connectivity index (χ0v) is 11.1. The molecule has 1 N–H and O–H groups in total. The minimum atomic E-state index is -4.02. The van der Waals surface area contributed by atoms with Crippen molar-refractivity contribution in [2.45, 2.75) is 17.9 Å². The van der Waals surface area contributed by atoms with Crippen LogP contribution in [0.5, 0.6) is 0 Å². The quantitative estimate of drug-likeness (QED) is 0.637. The number of likely N-dealkylation sites (N-methyl/N-ethyl adjacent to an activating group) is 1. The number of hydrogen-bond donors (Lipinski definition) is 1. The third kappa shape index (κ3) is 3.06. The van der Waals surface area contributed by atoms with Crippen LogP contribution in [-0.4, -0.2) is 42.4 Å². The summed E-state index contributed by atoms with van der Waals surface area (Å²) in [5.41, 5.74) is -0.911. The van der Waals surface area contributed by atoms with Crippen LogP contribution in [-0.2, 0) is 10.0 Å². The van der Waals surface area contributed by atoms with Gasteiger partial charge in [0.2, 0.25) is 15.8 Å². The van der Waals surface area contributed by atoms with Gasteiger partial charge in [0.15, 0.2) is 0 Å². The number of benzene rings is 1. The average Bonchev–Trinajstić information content (AvgIpc) is 2.36. The topological polar surface area (TPSA) is 101 Å². The van der Waals surface area contributed by atoms with Crippen LogP contribution < -0.4 is 0 Å². The molecule has 7 nitrogen and oxygen atoms in total. The fourth-order valence-electron chi connectivity index (χ4n) is 1.31. The normalized spacial score (nSPS) is 13.5. The first-order valence-corrected chi connectivity index (χ1v) is 6.68. The molecule has 1 unspecified atom stereocenters. The van der Waals surface area contributed by atoms with E-state index in [9.17, 15) is 22.9 Å². The van der Waals surface area contributed by atoms with E-state index in [1.165, 1.54) is 14.0 Å². The van der Waals surface area contributed by atoms with E-state index in [4.69, 9.17) is 5.11 Å². The first-order chi connectivity index (χ1) is 8.71. The van der Waals surface area contributed by atoms with Gasteiger partial charge in [0.25, 0.3) is 0 Å². The Hall–Kier alpha value is -1.58. The van der Waals surface area contributed by atoms with E-state index in [0.717, 1.165) is 16.4 Å². The summed E-state index contributed by atoms with van der Waals surface area (Å²) in [5.74, 6) is -1.11. The van der Waals surface area contributed by atoms with Crippen molar-refractivity contribution < 1.29 is 22.8 Å². The molecule has 0 fully saturated rings. The van der Waals surface area contributed by atoms with E-state index >= 15 is 0 Å². The predicted molar refractivity (Wildman–Crippen MR) is 64.6 cm³/mol. The van der Waals surface area contributed by atoms with Crippen LogP contribution in [0.1, 0.15) is 6.92 Å². The summed E-state index contributed by atoms with van der Waals surface area (Å²) in [4.78, 5) is 9.18. The number of aliphatic hydroxyl groups excluding tert-OH is 1. The molecule has 0 aliphatic heterocycles. The molecule has 1 rings (SSSR count). The van der Waals surface area contributed by atoms with E-state index in [0.29, 0.717) is 6.07 Å². The van der Waals surface area contributed by atoms with Gasteiger partial charge in [-0.3, -0.25) is 10.1 Å². The Kier molecular flexibility index (Phi) is 4.56. The molecule has 0 saturated carbocycles. The molecule has 19 heavy (non-hydrogen) atoms. The summed E-state index contributed by atoms with van der Waals surface area (Å²) in [6.07, 6.45) is 0. The predicted octanol–water partition coefficient (Wildman–Crippen LogP) is 0.735. The van der Waals surface area contributed by atoms with Gasteiger partial charge in [-0.1, -0.05) is 0 Å². The van der Waals surface area contributed by atoms with Crippen LogP contribution in [0.15, 0.2) is 23.1 Å². The van der Waals surface area contributed by atoms with Crippen molar-refractivity contribution in [3.05, 3.63) is 34.1 Å². The molecule has 0 radical (unpaired) electrons. The second kappa shape index (κ2) is 5.59. The molecule has 0 aromatic heterocycles. The standard InChI is InChI=1S/C10H13FN2O5S/c1-7(6-14)12(2)19(17,18)8-3-4-9(11)10(5-8)13(15)16/h3-5,7,14H,6H2,1-2H3. The Morgan fingerprint density at radius 3 is 2.58 bits per heavy atom. The maximum Gasteiger partial charge on any atom is 0.306 e. The van der Waals surface area contributed by atoms with Crippen molar-refractivity contribution in [3.8, 4) is 0 Å². The maximum absolute atomic E-state index is 13.1. The van der Waals surface area contributed by atoms with Crippen LogP contribution in [0.3, 0.4) is 0 Å². The Morgan fingerprint density at radius 2 is 2.11 bits per heavy atom. The Bertz CT molecular complexity index is 590. The van der Waals surface area contributed by atoms with Gasteiger partial charge >= 0.3 is 5.69 Å². The first-order valence-electron chi connectivity index (χ1n) is 5.24. The highest BCUT2D eigenvalue weighted by atomic mass is 32.2. The van der Waals surface area contributed by atoms with E-state index in [2.05, 4.69) is 0 Å². The molecule has 9 heteroatoms. The number of nitro groups is 1. The molecule has 0 heterocycles. The van der Waals surface area contributed by atoms with E-state index in [1.54, 1.807) is 0 Å². The van der Waals surface area contributed by atoms with Crippen molar-refractivity contribution >= 4 is 15.7 Å². The summed E-state index contributed by atoms with van der Waals surface area (Å²) in [6, 6.07) is 1.63. The van der Waals surface area contributed by atoms with Crippen LogP contribution >= 0.6 is 0 Å². The molecule has 0 aliphatic rings. The summed E-state index contributed by atoms with van der Waals surface area (Å²) in [7, 11) is -2.79. The second-order valence-electron chi connectivity index (χ2n) is 3.92. The highest BCUT2D eigenvalue weighted by molar-refractivity contribution is 7.89. The number of sulfonamides is 1. The average molecular weight is 292 g/mol. The van der Waals surface area contributed by atoms with Gasteiger partial charge in [-0.25, -0.2) is 8.42 Å². The SMILES string of the molecule is CC(CO)N(C)S(=O)(=O)c1ccc(F)c([N+](=O)[O-])c1. The first kappa shape index (κ1) is 15.5. The fourth-order valence-corrected chi connectivity index (χ4v) is 2.68. The molecule has 1 atom stereocenters. The largest absolute Gasteiger partial charge is 0.395 e. The van der Waals surface area contributed by atoms with Crippen molar-refractivity contribution in [2.24, 2.45) is 0 Å². The molecule has 0 aliphatic carbocycles. The number of hydrogen-bond acceptors (Lipinski definition) is 5. The zero-order valence-electron chi connectivity index (χ0n) is 10.3. The molecule has 0 saturated heterocycles. The highest BCUT2D eigenvalue weighted by Crippen LogP contribution is 2.24. The minimum Gasteiger partial charge on any atom is -0.395 e. The lowest BCUT2D eigenvalue weighted by atomic mass is 10.3. The summed E-state index contributed by atoms with van der Waals surface area (Å²) in [6.45, 7) is 1.06. The van der Waals surface area contributed by atoms with Crippen molar-refractivity contribution in [1.29, 1.82) is 0 Å². The van der Waals surface area contributed by atoms with Crippen LogP contribution in [0.2, 0.25) is 0 Å². The molecular weight excluding hydrogens is 279 g/mol. The Balaban J connectivity index is 3.30. The van der Waals surface area contributed by atoms with Gasteiger partial charge in [0, 0.05) is 19.2 Å². The number of rotatable bonds is 5. The van der Waals surface area contributed by atoms with E-state index < -0.39 is 44.0 Å². The van der Waals surface area contributed by atoms with E-state index in [1.807, 2.05) is 0 Å². The lowest BCUT2D eigenvalue weighted by molar-refractivity contribution is -0.387. The van der Waals surface area contributed by atoms with Crippen molar-refractivity contribution in [3.63, 3.8) is 0 Å². The van der Waals surface area contributed by atoms with Gasteiger partial charge in [0.1, 0.15) is 0 Å². The summed E-state index contributed by atoms with van der Waals surface area (Å²) < 4.78 is 38.2. The lowest BCUT2D eigenvalue weighted by Gasteiger charge is -2.22. The zero-order chi connectivity index (χ0) is 14.8. The van der Waals surface area contributed by atoms with Crippen molar-refractivity contribution in [1.82, 2.24) is 4.31 Å². The summed E-state index contributed by atoms with van der Waals surface area (Å²) >= 11 is 0.